The van der Waals surface area contributed by atoms with Gasteiger partial charge in [0.15, 0.2) is 0 Å². The van der Waals surface area contributed by atoms with E-state index in [0.717, 1.165) is 16.9 Å². The molecule has 0 saturated heterocycles. The van der Waals surface area contributed by atoms with Crippen molar-refractivity contribution < 1.29 is 8.42 Å². The lowest BCUT2D eigenvalue weighted by Gasteiger charge is -2.11. The molecule has 0 aliphatic carbocycles. The predicted octanol–water partition coefficient (Wildman–Crippen LogP) is 4.65. The smallest absolute Gasteiger partial charge is 0.261 e. The zero-order valence-electron chi connectivity index (χ0n) is 19.2. The van der Waals surface area contributed by atoms with Crippen molar-refractivity contribution >= 4 is 38.9 Å². The quantitative estimate of drug-likeness (QED) is 0.282. The Morgan fingerprint density at radius 2 is 1.44 bits per heavy atom. The Morgan fingerprint density at radius 3 is 2.14 bits per heavy atom. The number of anilines is 5. The highest BCUT2D eigenvalue weighted by atomic mass is 32.2. The van der Waals surface area contributed by atoms with Crippen LogP contribution in [0.3, 0.4) is 0 Å². The van der Waals surface area contributed by atoms with Crippen LogP contribution < -0.4 is 15.4 Å². The van der Waals surface area contributed by atoms with Crippen molar-refractivity contribution in [2.24, 2.45) is 0 Å². The first-order chi connectivity index (χ1) is 17.4. The maximum absolute atomic E-state index is 12.8. The Kier molecular flexibility index (Phi) is 6.29. The minimum absolute atomic E-state index is 0.157. The Morgan fingerprint density at radius 1 is 0.750 bits per heavy atom. The monoisotopic (exact) mass is 498 g/mol. The molecule has 5 aromatic rings. The third kappa shape index (κ3) is 5.47. The summed E-state index contributed by atoms with van der Waals surface area (Å²) in [6, 6.07) is 20.8. The van der Waals surface area contributed by atoms with Gasteiger partial charge in [-0.1, -0.05) is 0 Å². The lowest BCUT2D eigenvalue weighted by Crippen LogP contribution is -2.13. The van der Waals surface area contributed by atoms with Gasteiger partial charge in [-0.05, 0) is 79.2 Å². The SMILES string of the molecule is Cc1ccnc(Nc2cc(Nc3ccc(NS(=O)(=O)c4ccc(-n5cccn5)cc4)cc3)ncn2)c1. The molecule has 180 valence electrons. The van der Waals surface area contributed by atoms with Crippen LogP contribution in [0.2, 0.25) is 0 Å². The van der Waals surface area contributed by atoms with Crippen LogP contribution in [0.25, 0.3) is 5.69 Å². The van der Waals surface area contributed by atoms with Gasteiger partial charge in [-0.3, -0.25) is 4.72 Å². The first-order valence-corrected chi connectivity index (χ1v) is 12.4. The predicted molar refractivity (Wildman–Crippen MR) is 138 cm³/mol. The number of pyridine rings is 1. The minimum atomic E-state index is -3.74. The van der Waals surface area contributed by atoms with E-state index < -0.39 is 10.0 Å². The van der Waals surface area contributed by atoms with Crippen LogP contribution in [0.1, 0.15) is 5.56 Å². The lowest BCUT2D eigenvalue weighted by molar-refractivity contribution is 0.601. The Hall–Kier alpha value is -4.77. The van der Waals surface area contributed by atoms with Crippen LogP contribution >= 0.6 is 0 Å². The molecule has 0 atom stereocenters. The highest BCUT2D eigenvalue weighted by molar-refractivity contribution is 7.92. The van der Waals surface area contributed by atoms with Crippen molar-refractivity contribution in [2.45, 2.75) is 11.8 Å². The molecule has 10 nitrogen and oxygen atoms in total. The van der Waals surface area contributed by atoms with Crippen molar-refractivity contribution in [3.63, 3.8) is 0 Å². The Balaban J connectivity index is 1.24. The van der Waals surface area contributed by atoms with Gasteiger partial charge in [0.1, 0.15) is 23.8 Å². The molecule has 2 aromatic carbocycles. The van der Waals surface area contributed by atoms with Crippen molar-refractivity contribution in [3.8, 4) is 5.69 Å². The number of benzene rings is 2. The van der Waals surface area contributed by atoms with Crippen LogP contribution in [0.15, 0.2) is 103 Å². The van der Waals surface area contributed by atoms with Crippen LogP contribution in [0, 0.1) is 6.92 Å². The fraction of sp³-hybridized carbons (Fsp3) is 0.0400. The van der Waals surface area contributed by atoms with E-state index in [1.54, 1.807) is 83.9 Å². The number of rotatable bonds is 8. The van der Waals surface area contributed by atoms with Crippen LogP contribution in [-0.4, -0.2) is 33.2 Å². The number of nitrogens with one attached hydrogen (secondary N) is 3. The Labute approximate surface area is 208 Å². The van der Waals surface area contributed by atoms with Gasteiger partial charge in [-0.15, -0.1) is 0 Å². The van der Waals surface area contributed by atoms with Crippen LogP contribution in [0.4, 0.5) is 28.8 Å². The summed E-state index contributed by atoms with van der Waals surface area (Å²) in [6.07, 6.45) is 6.62. The van der Waals surface area contributed by atoms with E-state index in [-0.39, 0.29) is 4.90 Å². The zero-order chi connectivity index (χ0) is 25.0. The average molecular weight is 499 g/mol. The molecule has 0 bridgehead atoms. The summed E-state index contributed by atoms with van der Waals surface area (Å²) in [5.74, 6) is 1.85. The highest BCUT2D eigenvalue weighted by Crippen LogP contribution is 2.22. The first-order valence-electron chi connectivity index (χ1n) is 11.0. The molecule has 0 amide bonds. The van der Waals surface area contributed by atoms with Crippen molar-refractivity contribution in [1.29, 1.82) is 0 Å². The highest BCUT2D eigenvalue weighted by Gasteiger charge is 2.14. The number of nitrogens with zero attached hydrogens (tertiary/aromatic N) is 5. The maximum atomic E-state index is 12.8. The fourth-order valence-electron chi connectivity index (χ4n) is 3.41. The van der Waals surface area contributed by atoms with Gasteiger partial charge in [0.05, 0.1) is 10.6 Å². The first kappa shape index (κ1) is 23.0. The molecule has 0 unspecified atom stereocenters. The summed E-state index contributed by atoms with van der Waals surface area (Å²) in [5, 5.41) is 10.5. The molecule has 3 aromatic heterocycles. The average Bonchev–Trinajstić information content (AvgIpc) is 3.41. The zero-order valence-corrected chi connectivity index (χ0v) is 20.0. The van der Waals surface area contributed by atoms with E-state index in [2.05, 4.69) is 35.4 Å². The van der Waals surface area contributed by atoms with E-state index in [4.69, 9.17) is 0 Å². The second kappa shape index (κ2) is 9.84. The van der Waals surface area contributed by atoms with Gasteiger partial charge in [0, 0.05) is 36.0 Å². The number of sulfonamides is 1. The molecule has 0 aliphatic rings. The van der Waals surface area contributed by atoms with Gasteiger partial charge in [0.2, 0.25) is 0 Å². The van der Waals surface area contributed by atoms with Gasteiger partial charge in [0.25, 0.3) is 10.0 Å². The molecule has 0 fully saturated rings. The van der Waals surface area contributed by atoms with Gasteiger partial charge < -0.3 is 10.6 Å². The summed E-state index contributed by atoms with van der Waals surface area (Å²) in [6.45, 7) is 1.99. The molecule has 36 heavy (non-hydrogen) atoms. The molecule has 0 radical (unpaired) electrons. The van der Waals surface area contributed by atoms with E-state index in [9.17, 15) is 8.42 Å². The van der Waals surface area contributed by atoms with E-state index in [1.165, 1.54) is 6.33 Å². The number of aromatic nitrogens is 5. The van der Waals surface area contributed by atoms with Crippen molar-refractivity contribution in [1.82, 2.24) is 24.7 Å². The van der Waals surface area contributed by atoms with E-state index in [1.807, 2.05) is 19.1 Å². The van der Waals surface area contributed by atoms with Crippen molar-refractivity contribution in [2.75, 3.05) is 15.4 Å². The standard InChI is InChI=1S/C25H22N8O2S/c1-18-11-13-26-23(15-18)31-25-16-24(27-17-28-25)30-19-3-5-20(6-4-19)32-36(34,35)22-9-7-21(8-10-22)33-14-2-12-29-33/h2-17,32H,1H3,(H2,26,27,28,30,31). The molecule has 5 rings (SSSR count). The molecule has 3 N–H and O–H groups in total. The van der Waals surface area contributed by atoms with Crippen LogP contribution in [0.5, 0.6) is 0 Å². The molecular formula is C25H22N8O2S. The molecule has 0 saturated carbocycles. The maximum Gasteiger partial charge on any atom is 0.261 e. The van der Waals surface area contributed by atoms with Gasteiger partial charge in [-0.2, -0.15) is 5.10 Å². The topological polar surface area (TPSA) is 127 Å². The second-order valence-electron chi connectivity index (χ2n) is 7.88. The molecule has 3 heterocycles. The molecule has 0 aliphatic heterocycles. The second-order valence-corrected chi connectivity index (χ2v) is 9.57. The minimum Gasteiger partial charge on any atom is -0.340 e. The fourth-order valence-corrected chi connectivity index (χ4v) is 4.47. The largest absolute Gasteiger partial charge is 0.340 e. The van der Waals surface area contributed by atoms with E-state index in [0.29, 0.717) is 23.1 Å². The van der Waals surface area contributed by atoms with E-state index >= 15 is 0 Å². The summed E-state index contributed by atoms with van der Waals surface area (Å²) < 4.78 is 29.9. The Bertz CT molecular complexity index is 1570. The number of hydrogen-bond acceptors (Lipinski definition) is 8. The molecule has 11 heteroatoms. The van der Waals surface area contributed by atoms with Crippen LogP contribution in [-0.2, 0) is 10.0 Å². The molecular weight excluding hydrogens is 476 g/mol. The molecule has 0 spiro atoms. The van der Waals surface area contributed by atoms with Gasteiger partial charge in [-0.25, -0.2) is 28.1 Å². The summed E-state index contributed by atoms with van der Waals surface area (Å²) in [7, 11) is -3.74. The third-order valence-electron chi connectivity index (χ3n) is 5.16. The number of aryl methyl sites for hydroxylation is 1. The summed E-state index contributed by atoms with van der Waals surface area (Å²) >= 11 is 0. The summed E-state index contributed by atoms with van der Waals surface area (Å²) in [5.41, 5.74) is 3.03. The lowest BCUT2D eigenvalue weighted by atomic mass is 10.3. The third-order valence-corrected chi connectivity index (χ3v) is 6.56. The number of hydrogen-bond donors (Lipinski definition) is 3. The summed E-state index contributed by atoms with van der Waals surface area (Å²) in [4.78, 5) is 12.9. The van der Waals surface area contributed by atoms with Crippen molar-refractivity contribution in [3.05, 3.63) is 103 Å². The normalized spacial score (nSPS) is 11.1. The van der Waals surface area contributed by atoms with Gasteiger partial charge >= 0.3 is 0 Å².